The Labute approximate surface area is 233 Å². The molecule has 39 heavy (non-hydrogen) atoms. The van der Waals surface area contributed by atoms with Crippen LogP contribution < -0.4 is 10.6 Å². The second-order valence-electron chi connectivity index (χ2n) is 11.1. The molecule has 0 aromatic heterocycles. The second kappa shape index (κ2) is 14.0. The highest BCUT2D eigenvalue weighted by molar-refractivity contribution is 5.99. The molecule has 3 unspecified atom stereocenters. The van der Waals surface area contributed by atoms with E-state index >= 15 is 0 Å². The standard InChI is InChI=1S/C31H45N3O5/c1-9-11-18-34(29(37)26(20(3)10-2)33-30(38)39-31(6,7)8)27(23-16-17-25(35)22(5)19-23)28(36)32-24-15-13-12-14-21(24)4/h12-17,19-20,26-27,35H,9-11,18H2,1-8H3,(H,32,36)(H,33,38). The zero-order valence-corrected chi connectivity index (χ0v) is 24.6. The van der Waals surface area contributed by atoms with E-state index in [1.54, 1.807) is 44.7 Å². The number of ether oxygens (including phenoxy) is 1. The van der Waals surface area contributed by atoms with E-state index in [1.165, 1.54) is 6.07 Å². The molecule has 2 aromatic carbocycles. The van der Waals surface area contributed by atoms with Gasteiger partial charge < -0.3 is 25.4 Å². The number of benzene rings is 2. The number of para-hydroxylation sites is 1. The first kappa shape index (κ1) is 31.7. The molecule has 2 rings (SSSR count). The zero-order valence-electron chi connectivity index (χ0n) is 24.6. The molecule has 0 fully saturated rings. The van der Waals surface area contributed by atoms with Crippen molar-refractivity contribution in [1.29, 1.82) is 0 Å². The zero-order chi connectivity index (χ0) is 29.3. The van der Waals surface area contributed by atoms with Gasteiger partial charge in [-0.25, -0.2) is 4.79 Å². The van der Waals surface area contributed by atoms with Crippen LogP contribution in [0.5, 0.6) is 5.75 Å². The van der Waals surface area contributed by atoms with Crippen molar-refractivity contribution < 1.29 is 24.2 Å². The molecule has 3 amide bonds. The molecule has 8 nitrogen and oxygen atoms in total. The molecular weight excluding hydrogens is 494 g/mol. The number of amides is 3. The molecule has 0 aliphatic rings. The van der Waals surface area contributed by atoms with E-state index in [2.05, 4.69) is 10.6 Å². The molecule has 0 saturated heterocycles. The fraction of sp³-hybridized carbons (Fsp3) is 0.516. The maximum Gasteiger partial charge on any atom is 0.408 e. The van der Waals surface area contributed by atoms with Crippen LogP contribution >= 0.6 is 0 Å². The van der Waals surface area contributed by atoms with Crippen molar-refractivity contribution in [3.8, 4) is 5.75 Å². The number of aryl methyl sites for hydroxylation is 2. The van der Waals surface area contributed by atoms with Crippen LogP contribution in [0.2, 0.25) is 0 Å². The lowest BCUT2D eigenvalue weighted by Gasteiger charge is -2.36. The van der Waals surface area contributed by atoms with Gasteiger partial charge in [-0.05, 0) is 81.8 Å². The van der Waals surface area contributed by atoms with Crippen LogP contribution in [0.25, 0.3) is 0 Å². The molecular formula is C31H45N3O5. The van der Waals surface area contributed by atoms with Crippen LogP contribution in [-0.4, -0.2) is 46.1 Å². The summed E-state index contributed by atoms with van der Waals surface area (Å²) in [6.07, 6.45) is 1.42. The summed E-state index contributed by atoms with van der Waals surface area (Å²) in [5.74, 6) is -0.846. The Morgan fingerprint density at radius 1 is 1.03 bits per heavy atom. The molecule has 3 N–H and O–H groups in total. The van der Waals surface area contributed by atoms with Gasteiger partial charge in [0.25, 0.3) is 5.91 Å². The number of carbonyl (C=O) groups excluding carboxylic acids is 3. The topological polar surface area (TPSA) is 108 Å². The minimum atomic E-state index is -0.991. The number of nitrogens with zero attached hydrogens (tertiary/aromatic N) is 1. The Morgan fingerprint density at radius 2 is 1.69 bits per heavy atom. The van der Waals surface area contributed by atoms with Gasteiger partial charge in [0.05, 0.1) is 0 Å². The Morgan fingerprint density at radius 3 is 2.26 bits per heavy atom. The number of phenolic OH excluding ortho intramolecular Hbond substituents is 1. The van der Waals surface area contributed by atoms with Crippen molar-refractivity contribution in [1.82, 2.24) is 10.2 Å². The summed E-state index contributed by atoms with van der Waals surface area (Å²) in [6, 6.07) is 10.5. The summed E-state index contributed by atoms with van der Waals surface area (Å²) in [5, 5.41) is 15.9. The Balaban J connectivity index is 2.59. The minimum absolute atomic E-state index is 0.104. The van der Waals surface area contributed by atoms with Crippen LogP contribution in [0.3, 0.4) is 0 Å². The smallest absolute Gasteiger partial charge is 0.408 e. The van der Waals surface area contributed by atoms with E-state index < -0.39 is 23.8 Å². The van der Waals surface area contributed by atoms with Gasteiger partial charge in [0.15, 0.2) is 0 Å². The summed E-state index contributed by atoms with van der Waals surface area (Å²) < 4.78 is 5.46. The molecule has 0 bridgehead atoms. The maximum atomic E-state index is 14.3. The molecule has 0 saturated carbocycles. The fourth-order valence-electron chi connectivity index (χ4n) is 4.23. The number of rotatable bonds is 11. The highest BCUT2D eigenvalue weighted by Crippen LogP contribution is 2.30. The van der Waals surface area contributed by atoms with Gasteiger partial charge in [-0.2, -0.15) is 0 Å². The van der Waals surface area contributed by atoms with Gasteiger partial charge in [-0.15, -0.1) is 0 Å². The summed E-state index contributed by atoms with van der Waals surface area (Å²) >= 11 is 0. The third-order valence-electron chi connectivity index (χ3n) is 6.69. The molecule has 0 aliphatic carbocycles. The normalized spacial score (nSPS) is 13.6. The number of aromatic hydroxyl groups is 1. The number of phenols is 1. The first-order valence-corrected chi connectivity index (χ1v) is 13.7. The third kappa shape index (κ3) is 9.01. The Kier molecular flexibility index (Phi) is 11.4. The first-order valence-electron chi connectivity index (χ1n) is 13.7. The predicted octanol–water partition coefficient (Wildman–Crippen LogP) is 6.26. The monoisotopic (exact) mass is 539 g/mol. The Hall–Kier alpha value is -3.55. The van der Waals surface area contributed by atoms with Crippen molar-refractivity contribution in [2.24, 2.45) is 5.92 Å². The molecule has 214 valence electrons. The second-order valence-corrected chi connectivity index (χ2v) is 11.1. The molecule has 0 spiro atoms. The first-order chi connectivity index (χ1) is 18.3. The summed E-state index contributed by atoms with van der Waals surface area (Å²) in [5.41, 5.74) is 1.97. The third-order valence-corrected chi connectivity index (χ3v) is 6.69. The van der Waals surface area contributed by atoms with Gasteiger partial charge >= 0.3 is 6.09 Å². The fourth-order valence-corrected chi connectivity index (χ4v) is 4.23. The highest BCUT2D eigenvalue weighted by Gasteiger charge is 2.38. The Bertz CT molecular complexity index is 1140. The molecule has 3 atom stereocenters. The van der Waals surface area contributed by atoms with Crippen molar-refractivity contribution in [2.75, 3.05) is 11.9 Å². The van der Waals surface area contributed by atoms with E-state index in [4.69, 9.17) is 4.74 Å². The van der Waals surface area contributed by atoms with Crippen molar-refractivity contribution in [3.05, 3.63) is 59.2 Å². The number of nitrogens with one attached hydrogen (secondary N) is 2. The molecule has 2 aromatic rings. The lowest BCUT2D eigenvalue weighted by atomic mass is 9.95. The molecule has 8 heteroatoms. The van der Waals surface area contributed by atoms with Crippen LogP contribution in [0.15, 0.2) is 42.5 Å². The largest absolute Gasteiger partial charge is 0.508 e. The lowest BCUT2D eigenvalue weighted by molar-refractivity contribution is -0.142. The summed E-state index contributed by atoms with van der Waals surface area (Å²) in [6.45, 7) is 15.1. The predicted molar refractivity (Wildman–Crippen MR) is 155 cm³/mol. The molecule has 0 heterocycles. The van der Waals surface area contributed by atoms with E-state index in [-0.39, 0.29) is 23.5 Å². The SMILES string of the molecule is CCCCN(C(=O)C(NC(=O)OC(C)(C)C)C(C)CC)C(C(=O)Nc1ccccc1C)c1ccc(O)c(C)c1. The van der Waals surface area contributed by atoms with Gasteiger partial charge in [-0.1, -0.05) is 57.9 Å². The average molecular weight is 540 g/mol. The van der Waals surface area contributed by atoms with Crippen molar-refractivity contribution in [3.63, 3.8) is 0 Å². The number of alkyl carbamates (subject to hydrolysis) is 1. The van der Waals surface area contributed by atoms with Gasteiger partial charge in [0, 0.05) is 12.2 Å². The number of hydrogen-bond acceptors (Lipinski definition) is 5. The van der Waals surface area contributed by atoms with Crippen molar-refractivity contribution in [2.45, 2.75) is 92.3 Å². The number of carbonyl (C=O) groups is 3. The van der Waals surface area contributed by atoms with E-state index in [9.17, 15) is 19.5 Å². The van der Waals surface area contributed by atoms with E-state index in [0.717, 1.165) is 12.0 Å². The van der Waals surface area contributed by atoms with Crippen LogP contribution in [0, 0.1) is 19.8 Å². The summed E-state index contributed by atoms with van der Waals surface area (Å²) in [7, 11) is 0. The van der Waals surface area contributed by atoms with E-state index in [1.807, 2.05) is 52.0 Å². The minimum Gasteiger partial charge on any atom is -0.508 e. The van der Waals surface area contributed by atoms with Crippen LogP contribution in [0.1, 0.15) is 83.5 Å². The molecule has 0 aliphatic heterocycles. The molecule has 0 radical (unpaired) electrons. The highest BCUT2D eigenvalue weighted by atomic mass is 16.6. The van der Waals surface area contributed by atoms with E-state index in [0.29, 0.717) is 36.2 Å². The van der Waals surface area contributed by atoms with Crippen molar-refractivity contribution >= 4 is 23.6 Å². The van der Waals surface area contributed by atoms with Crippen LogP contribution in [0.4, 0.5) is 10.5 Å². The van der Waals surface area contributed by atoms with Gasteiger partial charge in [0.2, 0.25) is 5.91 Å². The quantitative estimate of drug-likeness (QED) is 0.312. The van der Waals surface area contributed by atoms with Crippen LogP contribution in [-0.2, 0) is 14.3 Å². The number of hydrogen-bond donors (Lipinski definition) is 3. The van der Waals surface area contributed by atoms with Gasteiger partial charge in [-0.3, -0.25) is 9.59 Å². The maximum absolute atomic E-state index is 14.3. The number of unbranched alkanes of at least 4 members (excludes halogenated alkanes) is 1. The average Bonchev–Trinajstić information content (AvgIpc) is 2.86. The summed E-state index contributed by atoms with van der Waals surface area (Å²) in [4.78, 5) is 42.5. The van der Waals surface area contributed by atoms with Gasteiger partial charge in [0.1, 0.15) is 23.4 Å². The number of anilines is 1. The lowest BCUT2D eigenvalue weighted by Crippen LogP contribution is -2.55.